The summed E-state index contributed by atoms with van der Waals surface area (Å²) < 4.78 is 27.1. The molecule has 0 aliphatic carbocycles. The highest BCUT2D eigenvalue weighted by Gasteiger charge is 2.18. The Balaban J connectivity index is 2.07. The number of nitrogens with one attached hydrogen (secondary N) is 1. The van der Waals surface area contributed by atoms with E-state index in [2.05, 4.69) is 9.71 Å². The molecule has 0 saturated carbocycles. The highest BCUT2D eigenvalue weighted by molar-refractivity contribution is 7.89. The van der Waals surface area contributed by atoms with Crippen molar-refractivity contribution >= 4 is 33.0 Å². The van der Waals surface area contributed by atoms with Crippen LogP contribution in [-0.2, 0) is 23.0 Å². The Hall–Kier alpha value is -0.990. The lowest BCUT2D eigenvalue weighted by atomic mass is 10.2. The minimum atomic E-state index is -3.65. The van der Waals surface area contributed by atoms with Crippen molar-refractivity contribution in [2.75, 3.05) is 6.54 Å². The first-order valence-corrected chi connectivity index (χ1v) is 9.05. The molecule has 0 unspecified atom stereocenters. The molecule has 0 saturated heterocycles. The van der Waals surface area contributed by atoms with Gasteiger partial charge in [0.05, 0.1) is 10.0 Å². The summed E-state index contributed by atoms with van der Waals surface area (Å²) in [6.07, 6.45) is 0.548. The Kier molecular flexibility index (Phi) is 5.34. The molecule has 0 aliphatic rings. The molecule has 1 aromatic heterocycles. The van der Waals surface area contributed by atoms with Gasteiger partial charge in [0.15, 0.2) is 0 Å². The summed E-state index contributed by atoms with van der Waals surface area (Å²) in [5.41, 5.74) is 7.18. The maximum Gasteiger partial charge on any atom is 0.242 e. The first-order valence-electron chi connectivity index (χ1n) is 6.31. The smallest absolute Gasteiger partial charge is 0.242 e. The Morgan fingerprint density at radius 2 is 2.19 bits per heavy atom. The predicted molar refractivity (Wildman–Crippen MR) is 85.1 cm³/mol. The summed E-state index contributed by atoms with van der Waals surface area (Å²) in [7, 11) is -3.65. The highest BCUT2D eigenvalue weighted by atomic mass is 35.5. The largest absolute Gasteiger partial charge is 0.326 e. The third-order valence-electron chi connectivity index (χ3n) is 2.82. The van der Waals surface area contributed by atoms with Crippen LogP contribution in [0.2, 0.25) is 5.02 Å². The normalized spacial score (nSPS) is 11.8. The number of nitrogens with two attached hydrogens (primary N) is 1. The van der Waals surface area contributed by atoms with Gasteiger partial charge in [-0.15, -0.1) is 11.3 Å². The third-order valence-corrected chi connectivity index (χ3v) is 5.79. The molecule has 0 bridgehead atoms. The van der Waals surface area contributed by atoms with Crippen LogP contribution in [0.25, 0.3) is 0 Å². The fourth-order valence-corrected chi connectivity index (χ4v) is 4.12. The number of benzene rings is 1. The van der Waals surface area contributed by atoms with E-state index >= 15 is 0 Å². The van der Waals surface area contributed by atoms with Crippen molar-refractivity contribution in [3.05, 3.63) is 44.9 Å². The van der Waals surface area contributed by atoms with Gasteiger partial charge in [0.25, 0.3) is 0 Å². The third kappa shape index (κ3) is 4.24. The van der Waals surface area contributed by atoms with E-state index < -0.39 is 10.0 Å². The molecule has 1 heterocycles. The van der Waals surface area contributed by atoms with Crippen molar-refractivity contribution in [1.82, 2.24) is 9.71 Å². The number of halogens is 1. The second-order valence-corrected chi connectivity index (χ2v) is 7.58. The quantitative estimate of drug-likeness (QED) is 0.839. The number of aryl methyl sites for hydroxylation is 1. The van der Waals surface area contributed by atoms with E-state index in [-0.39, 0.29) is 23.0 Å². The lowest BCUT2D eigenvalue weighted by Gasteiger charge is -2.09. The van der Waals surface area contributed by atoms with E-state index in [0.29, 0.717) is 6.42 Å². The Morgan fingerprint density at radius 3 is 2.81 bits per heavy atom. The first kappa shape index (κ1) is 16.4. The summed E-state index contributed by atoms with van der Waals surface area (Å²) in [4.78, 5) is 4.35. The van der Waals surface area contributed by atoms with Crippen LogP contribution in [0, 0.1) is 6.92 Å². The van der Waals surface area contributed by atoms with Crippen LogP contribution in [-0.4, -0.2) is 19.9 Å². The van der Waals surface area contributed by atoms with Gasteiger partial charge in [0.1, 0.15) is 4.90 Å². The zero-order valence-corrected chi connectivity index (χ0v) is 13.9. The van der Waals surface area contributed by atoms with E-state index in [4.69, 9.17) is 17.3 Å². The molecular weight excluding hydrogens is 330 g/mol. The maximum absolute atomic E-state index is 12.3. The van der Waals surface area contributed by atoms with Gasteiger partial charge < -0.3 is 5.73 Å². The van der Waals surface area contributed by atoms with Gasteiger partial charge in [-0.3, -0.25) is 0 Å². The maximum atomic E-state index is 12.3. The average molecular weight is 346 g/mol. The average Bonchev–Trinajstić information content (AvgIpc) is 2.84. The Labute approximate surface area is 133 Å². The number of hydrogen-bond donors (Lipinski definition) is 2. The van der Waals surface area contributed by atoms with Crippen molar-refractivity contribution in [3.63, 3.8) is 0 Å². The van der Waals surface area contributed by atoms with Crippen molar-refractivity contribution in [2.45, 2.75) is 24.8 Å². The molecule has 114 valence electrons. The predicted octanol–water partition coefficient (Wildman–Crippen LogP) is 2.08. The molecule has 8 heteroatoms. The van der Waals surface area contributed by atoms with Crippen molar-refractivity contribution in [1.29, 1.82) is 0 Å². The minimum Gasteiger partial charge on any atom is -0.326 e. The van der Waals surface area contributed by atoms with Crippen LogP contribution in [0.5, 0.6) is 0 Å². The lowest BCUT2D eigenvalue weighted by molar-refractivity contribution is 0.581. The molecule has 0 radical (unpaired) electrons. The van der Waals surface area contributed by atoms with Gasteiger partial charge in [-0.05, 0) is 24.6 Å². The zero-order chi connectivity index (χ0) is 15.5. The van der Waals surface area contributed by atoms with Gasteiger partial charge in [-0.25, -0.2) is 18.1 Å². The highest BCUT2D eigenvalue weighted by Crippen LogP contribution is 2.22. The standard InChI is InChI=1S/C13H16ClN3O2S2/c1-9-8-20-13(17-9)4-5-16-21(18,19)12-6-10(7-15)2-3-11(12)14/h2-3,6,8,16H,4-5,7,15H2,1H3. The number of aromatic nitrogens is 1. The summed E-state index contributed by atoms with van der Waals surface area (Å²) in [5, 5.41) is 3.02. The van der Waals surface area contributed by atoms with E-state index in [1.165, 1.54) is 17.4 Å². The van der Waals surface area contributed by atoms with Crippen LogP contribution in [0.1, 0.15) is 16.3 Å². The molecule has 0 fully saturated rings. The fraction of sp³-hybridized carbons (Fsp3) is 0.308. The van der Waals surface area contributed by atoms with Crippen LogP contribution in [0.3, 0.4) is 0 Å². The summed E-state index contributed by atoms with van der Waals surface area (Å²) in [5.74, 6) is 0. The van der Waals surface area contributed by atoms with Crippen LogP contribution >= 0.6 is 22.9 Å². The lowest BCUT2D eigenvalue weighted by Crippen LogP contribution is -2.26. The summed E-state index contributed by atoms with van der Waals surface area (Å²) >= 11 is 7.48. The molecule has 2 rings (SSSR count). The van der Waals surface area contributed by atoms with Gasteiger partial charge in [0, 0.05) is 30.6 Å². The molecule has 0 spiro atoms. The molecule has 0 aliphatic heterocycles. The van der Waals surface area contributed by atoms with Gasteiger partial charge >= 0.3 is 0 Å². The second-order valence-electron chi connectivity index (χ2n) is 4.50. The monoisotopic (exact) mass is 345 g/mol. The Morgan fingerprint density at radius 1 is 1.43 bits per heavy atom. The van der Waals surface area contributed by atoms with E-state index in [1.807, 2.05) is 12.3 Å². The summed E-state index contributed by atoms with van der Waals surface area (Å²) in [6.45, 7) is 2.44. The van der Waals surface area contributed by atoms with Crippen LogP contribution in [0.4, 0.5) is 0 Å². The number of thiazole rings is 1. The van der Waals surface area contributed by atoms with E-state index in [9.17, 15) is 8.42 Å². The first-order chi connectivity index (χ1) is 9.92. The number of sulfonamides is 1. The number of rotatable bonds is 6. The van der Waals surface area contributed by atoms with Gasteiger partial charge in [-0.2, -0.15) is 0 Å². The topological polar surface area (TPSA) is 85.1 Å². The summed E-state index contributed by atoms with van der Waals surface area (Å²) in [6, 6.07) is 4.75. The molecule has 0 atom stereocenters. The SMILES string of the molecule is Cc1csc(CCNS(=O)(=O)c2cc(CN)ccc2Cl)n1. The molecule has 1 aromatic carbocycles. The molecule has 3 N–H and O–H groups in total. The van der Waals surface area contributed by atoms with Crippen molar-refractivity contribution in [3.8, 4) is 0 Å². The fourth-order valence-electron chi connectivity index (χ4n) is 1.77. The van der Waals surface area contributed by atoms with E-state index in [0.717, 1.165) is 16.3 Å². The second kappa shape index (κ2) is 6.85. The zero-order valence-electron chi connectivity index (χ0n) is 11.5. The van der Waals surface area contributed by atoms with Gasteiger partial charge in [-0.1, -0.05) is 17.7 Å². The minimum absolute atomic E-state index is 0.0578. The van der Waals surface area contributed by atoms with E-state index in [1.54, 1.807) is 12.1 Å². The molecule has 2 aromatic rings. The molecule has 5 nitrogen and oxygen atoms in total. The number of hydrogen-bond acceptors (Lipinski definition) is 5. The van der Waals surface area contributed by atoms with Crippen LogP contribution < -0.4 is 10.5 Å². The van der Waals surface area contributed by atoms with Crippen molar-refractivity contribution in [2.24, 2.45) is 5.73 Å². The van der Waals surface area contributed by atoms with Gasteiger partial charge in [0.2, 0.25) is 10.0 Å². The number of nitrogens with zero attached hydrogens (tertiary/aromatic N) is 1. The molecule has 0 amide bonds. The van der Waals surface area contributed by atoms with Crippen molar-refractivity contribution < 1.29 is 8.42 Å². The molecule has 21 heavy (non-hydrogen) atoms. The van der Waals surface area contributed by atoms with Crippen LogP contribution in [0.15, 0.2) is 28.5 Å². The Bertz CT molecular complexity index is 729. The molecular formula is C13H16ClN3O2S2.